The van der Waals surface area contributed by atoms with Crippen molar-refractivity contribution in [1.29, 1.82) is 0 Å². The van der Waals surface area contributed by atoms with Crippen LogP contribution in [-0.4, -0.2) is 6.04 Å². The van der Waals surface area contributed by atoms with E-state index in [1.807, 2.05) is 0 Å². The molecule has 0 aliphatic rings. The van der Waals surface area contributed by atoms with E-state index in [1.54, 1.807) is 0 Å². The lowest BCUT2D eigenvalue weighted by molar-refractivity contribution is 0.554. The second-order valence-corrected chi connectivity index (χ2v) is 2.34. The van der Waals surface area contributed by atoms with Gasteiger partial charge in [0.25, 0.3) is 0 Å². The fourth-order valence-corrected chi connectivity index (χ4v) is 0.886. The summed E-state index contributed by atoms with van der Waals surface area (Å²) < 4.78 is 0. The number of hydrogen-bond acceptors (Lipinski definition) is 1. The van der Waals surface area contributed by atoms with Gasteiger partial charge >= 0.3 is 0 Å². The van der Waals surface area contributed by atoms with Gasteiger partial charge in [-0.25, -0.2) is 0 Å². The Kier molecular flexibility index (Phi) is 5.08. The van der Waals surface area contributed by atoms with Crippen LogP contribution in [0.25, 0.3) is 0 Å². The molecule has 0 aliphatic heterocycles. The zero-order valence-electron chi connectivity index (χ0n) is 5.98. The fraction of sp³-hybridized carbons (Fsp3) is 1.00. The van der Waals surface area contributed by atoms with Gasteiger partial charge in [0.05, 0.1) is 0 Å². The first-order valence-corrected chi connectivity index (χ1v) is 3.56. The minimum absolute atomic E-state index is 0. The van der Waals surface area contributed by atoms with Crippen LogP contribution < -0.4 is 5.73 Å². The van der Waals surface area contributed by atoms with E-state index in [2.05, 4.69) is 13.8 Å². The fourth-order valence-electron chi connectivity index (χ4n) is 0.886. The van der Waals surface area contributed by atoms with Crippen LogP contribution in [0.5, 0.6) is 0 Å². The molecule has 0 heterocycles. The average molecular weight is 117 g/mol. The molecule has 0 unspecified atom stereocenters. The molecule has 8 heavy (non-hydrogen) atoms. The molecule has 0 bridgehead atoms. The van der Waals surface area contributed by atoms with Gasteiger partial charge in [-0.2, -0.15) is 0 Å². The molecule has 0 aliphatic carbocycles. The first kappa shape index (κ1) is 7.96. The van der Waals surface area contributed by atoms with Crippen molar-refractivity contribution in [3.05, 3.63) is 0 Å². The monoisotopic (exact) mass is 117 g/mol. The SMILES string of the molecule is CCCC(N)CCC.[HH]. The van der Waals surface area contributed by atoms with E-state index in [9.17, 15) is 0 Å². The highest BCUT2D eigenvalue weighted by Gasteiger charge is 1.95. The molecule has 0 aromatic rings. The van der Waals surface area contributed by atoms with Crippen LogP contribution in [-0.2, 0) is 0 Å². The second kappa shape index (κ2) is 5.10. The lowest BCUT2D eigenvalue weighted by Crippen LogP contribution is -2.18. The smallest absolute Gasteiger partial charge is 0.00386 e. The van der Waals surface area contributed by atoms with Gasteiger partial charge in [0.15, 0.2) is 0 Å². The molecule has 0 aromatic carbocycles. The van der Waals surface area contributed by atoms with Gasteiger partial charge in [-0.05, 0) is 12.8 Å². The Morgan fingerprint density at radius 1 is 1.25 bits per heavy atom. The Hall–Kier alpha value is -0.0400. The van der Waals surface area contributed by atoms with Gasteiger partial charge in [0.1, 0.15) is 0 Å². The summed E-state index contributed by atoms with van der Waals surface area (Å²) >= 11 is 0. The first-order valence-electron chi connectivity index (χ1n) is 3.56. The van der Waals surface area contributed by atoms with Crippen molar-refractivity contribution >= 4 is 0 Å². The van der Waals surface area contributed by atoms with E-state index in [1.165, 1.54) is 25.7 Å². The quantitative estimate of drug-likeness (QED) is 0.600. The Labute approximate surface area is 53.8 Å². The van der Waals surface area contributed by atoms with Crippen molar-refractivity contribution in [1.82, 2.24) is 0 Å². The molecule has 0 fully saturated rings. The first-order chi connectivity index (χ1) is 3.81. The maximum atomic E-state index is 5.69. The molecule has 0 amide bonds. The van der Waals surface area contributed by atoms with Gasteiger partial charge < -0.3 is 5.73 Å². The second-order valence-electron chi connectivity index (χ2n) is 2.34. The molecule has 0 aromatic heterocycles. The van der Waals surface area contributed by atoms with E-state index in [0.29, 0.717) is 6.04 Å². The molecule has 0 atom stereocenters. The largest absolute Gasteiger partial charge is 0.328 e. The van der Waals surface area contributed by atoms with Crippen molar-refractivity contribution in [3.63, 3.8) is 0 Å². The van der Waals surface area contributed by atoms with Crippen LogP contribution in [0.1, 0.15) is 41.0 Å². The predicted octanol–water partition coefficient (Wildman–Crippen LogP) is 2.16. The summed E-state index contributed by atoms with van der Waals surface area (Å²) in [4.78, 5) is 0. The Bertz CT molecular complexity index is 42.2. The number of hydrogen-bond donors (Lipinski definition) is 1. The lowest BCUT2D eigenvalue weighted by atomic mass is 10.1. The highest BCUT2D eigenvalue weighted by Crippen LogP contribution is 1.99. The van der Waals surface area contributed by atoms with Crippen molar-refractivity contribution in [2.24, 2.45) is 5.73 Å². The summed E-state index contributed by atoms with van der Waals surface area (Å²) in [6.45, 7) is 4.35. The van der Waals surface area contributed by atoms with Gasteiger partial charge in [0, 0.05) is 7.47 Å². The average Bonchev–Trinajstić information content (AvgIpc) is 1.68. The van der Waals surface area contributed by atoms with Crippen molar-refractivity contribution in [3.8, 4) is 0 Å². The van der Waals surface area contributed by atoms with Crippen molar-refractivity contribution < 1.29 is 1.43 Å². The third-order valence-electron chi connectivity index (χ3n) is 1.32. The molecule has 1 heteroatoms. The van der Waals surface area contributed by atoms with E-state index >= 15 is 0 Å². The van der Waals surface area contributed by atoms with Crippen LogP contribution in [0.3, 0.4) is 0 Å². The summed E-state index contributed by atoms with van der Waals surface area (Å²) in [6.07, 6.45) is 4.82. The van der Waals surface area contributed by atoms with E-state index in [0.717, 1.165) is 0 Å². The van der Waals surface area contributed by atoms with E-state index in [-0.39, 0.29) is 1.43 Å². The Morgan fingerprint density at radius 2 is 1.62 bits per heavy atom. The summed E-state index contributed by atoms with van der Waals surface area (Å²) in [5, 5.41) is 0. The molecular formula is C7H19N. The zero-order valence-corrected chi connectivity index (χ0v) is 5.98. The highest BCUT2D eigenvalue weighted by molar-refractivity contribution is 4.57. The molecule has 1 nitrogen and oxygen atoms in total. The van der Waals surface area contributed by atoms with Gasteiger partial charge in [-0.15, -0.1) is 0 Å². The lowest BCUT2D eigenvalue weighted by Gasteiger charge is -2.05. The molecule has 52 valence electrons. The molecule has 0 rings (SSSR count). The zero-order chi connectivity index (χ0) is 6.41. The summed E-state index contributed by atoms with van der Waals surface area (Å²) in [5.74, 6) is 0. The maximum Gasteiger partial charge on any atom is 0.00386 e. The minimum Gasteiger partial charge on any atom is -0.328 e. The minimum atomic E-state index is 0. The van der Waals surface area contributed by atoms with Gasteiger partial charge in [-0.3, -0.25) is 0 Å². The topological polar surface area (TPSA) is 26.0 Å². The van der Waals surface area contributed by atoms with Gasteiger partial charge in [-0.1, -0.05) is 26.7 Å². The third-order valence-corrected chi connectivity index (χ3v) is 1.32. The highest BCUT2D eigenvalue weighted by atomic mass is 14.6. The summed E-state index contributed by atoms with van der Waals surface area (Å²) in [7, 11) is 0. The van der Waals surface area contributed by atoms with Crippen LogP contribution in [0.15, 0.2) is 0 Å². The Balaban J connectivity index is 0. The van der Waals surface area contributed by atoms with Crippen LogP contribution in [0.2, 0.25) is 0 Å². The number of rotatable bonds is 4. The summed E-state index contributed by atoms with van der Waals surface area (Å²) in [6, 6.07) is 0.463. The standard InChI is InChI=1S/C7H17N.H2/c1-3-5-7(8)6-4-2;/h7H,3-6,8H2,1-2H3;1H. The third kappa shape index (κ3) is 4.13. The number of nitrogens with two attached hydrogens (primary N) is 1. The molecule has 0 radical (unpaired) electrons. The Morgan fingerprint density at radius 3 is 1.88 bits per heavy atom. The van der Waals surface area contributed by atoms with Crippen LogP contribution >= 0.6 is 0 Å². The van der Waals surface area contributed by atoms with E-state index < -0.39 is 0 Å². The summed E-state index contributed by atoms with van der Waals surface area (Å²) in [5.41, 5.74) is 5.69. The molecule has 0 saturated heterocycles. The maximum absolute atomic E-state index is 5.69. The van der Waals surface area contributed by atoms with Crippen molar-refractivity contribution in [2.75, 3.05) is 0 Å². The molecule has 0 spiro atoms. The molecule has 0 saturated carbocycles. The predicted molar refractivity (Wildman–Crippen MR) is 39.9 cm³/mol. The van der Waals surface area contributed by atoms with E-state index in [4.69, 9.17) is 5.73 Å². The van der Waals surface area contributed by atoms with Crippen molar-refractivity contribution in [2.45, 2.75) is 45.6 Å². The normalized spacial score (nSPS) is 10.5. The van der Waals surface area contributed by atoms with Crippen LogP contribution in [0.4, 0.5) is 0 Å². The molecular weight excluding hydrogens is 98.1 g/mol. The van der Waals surface area contributed by atoms with Crippen LogP contribution in [0, 0.1) is 0 Å². The molecule has 2 N–H and O–H groups in total. The van der Waals surface area contributed by atoms with Gasteiger partial charge in [0.2, 0.25) is 0 Å².